The molecule has 282 valence electrons. The van der Waals surface area contributed by atoms with Gasteiger partial charge in [0, 0.05) is 43.7 Å². The Labute approximate surface area is 350 Å². The van der Waals surface area contributed by atoms with Gasteiger partial charge in [0.05, 0.1) is 22.1 Å². The van der Waals surface area contributed by atoms with Crippen molar-refractivity contribution in [3.63, 3.8) is 0 Å². The van der Waals surface area contributed by atoms with Crippen LogP contribution in [0, 0.1) is 0 Å². The van der Waals surface area contributed by atoms with Crippen LogP contribution >= 0.6 is 0 Å². The Morgan fingerprint density at radius 2 is 0.803 bits per heavy atom. The molecule has 0 amide bonds. The molecule has 0 atom stereocenters. The lowest BCUT2D eigenvalue weighted by Gasteiger charge is -2.12. The van der Waals surface area contributed by atoms with Gasteiger partial charge in [-0.25, -0.2) is 0 Å². The fourth-order valence-electron chi connectivity index (χ4n) is 10.6. The summed E-state index contributed by atoms with van der Waals surface area (Å²) in [6.07, 6.45) is 0. The van der Waals surface area contributed by atoms with E-state index in [1.165, 1.54) is 98.9 Å². The Bertz CT molecular complexity index is 3960. The summed E-state index contributed by atoms with van der Waals surface area (Å²) in [6, 6.07) is 75.6. The second-order valence-corrected chi connectivity index (χ2v) is 16.4. The average Bonchev–Trinajstić information content (AvgIpc) is 4.06. The zero-order valence-corrected chi connectivity index (χ0v) is 32.9. The van der Waals surface area contributed by atoms with Crippen molar-refractivity contribution in [2.75, 3.05) is 0 Å². The highest BCUT2D eigenvalue weighted by Crippen LogP contribution is 2.49. The summed E-state index contributed by atoms with van der Waals surface area (Å²) in [5.74, 6) is 0. The molecule has 3 nitrogen and oxygen atoms in total. The highest BCUT2D eigenvalue weighted by atomic mass is 16.3. The highest BCUT2D eigenvalue weighted by molar-refractivity contribution is 6.19. The van der Waals surface area contributed by atoms with Crippen molar-refractivity contribution in [2.45, 2.75) is 0 Å². The molecule has 0 aliphatic heterocycles. The Hall–Kier alpha value is -8.14. The minimum Gasteiger partial charge on any atom is -0.456 e. The summed E-state index contributed by atoms with van der Waals surface area (Å²) in [4.78, 5) is 0. The van der Waals surface area contributed by atoms with Crippen molar-refractivity contribution in [1.82, 2.24) is 9.13 Å². The van der Waals surface area contributed by atoms with Crippen molar-refractivity contribution in [2.24, 2.45) is 0 Å². The van der Waals surface area contributed by atoms with Gasteiger partial charge < -0.3 is 13.6 Å². The maximum absolute atomic E-state index is 6.20. The lowest BCUT2D eigenvalue weighted by Crippen LogP contribution is -1.94. The van der Waals surface area contributed by atoms with Gasteiger partial charge >= 0.3 is 0 Å². The standard InChI is InChI=1S/C58H34N2O/c1-2-11-42-41(10-1)48-16-9-15-47-40(28-29-49(42)58(47)48)35-20-24-38(25-21-35)59-52-17-6-3-12-43(52)45-27-22-37(33-55(45)59)36-23-30-54-50(32-36)44-13-4-7-18-53(44)60(54)39-26-31-57-51(34-39)46-14-5-8-19-56(46)61-57/h1-34H. The fraction of sp³-hybridized carbons (Fsp3) is 0. The van der Waals surface area contributed by atoms with Crippen LogP contribution in [0.4, 0.5) is 0 Å². The highest BCUT2D eigenvalue weighted by Gasteiger charge is 2.23. The van der Waals surface area contributed by atoms with E-state index in [4.69, 9.17) is 4.42 Å². The number of furan rings is 1. The second kappa shape index (κ2) is 12.2. The molecular weight excluding hydrogens is 741 g/mol. The van der Waals surface area contributed by atoms with E-state index in [2.05, 4.69) is 203 Å². The fourth-order valence-corrected chi connectivity index (χ4v) is 10.6. The third-order valence-corrected chi connectivity index (χ3v) is 13.3. The second-order valence-electron chi connectivity index (χ2n) is 16.4. The third kappa shape index (κ3) is 4.58. The molecule has 10 aromatic carbocycles. The summed E-state index contributed by atoms with van der Waals surface area (Å²) in [5, 5.41) is 9.87. The van der Waals surface area contributed by atoms with Crippen LogP contribution in [-0.4, -0.2) is 9.13 Å². The molecule has 14 rings (SSSR count). The van der Waals surface area contributed by atoms with Crippen molar-refractivity contribution < 1.29 is 4.42 Å². The molecular formula is C58H34N2O. The minimum atomic E-state index is 0.903. The number of hydrogen-bond donors (Lipinski definition) is 0. The van der Waals surface area contributed by atoms with Crippen molar-refractivity contribution in [3.05, 3.63) is 206 Å². The Morgan fingerprint density at radius 1 is 0.262 bits per heavy atom. The van der Waals surface area contributed by atoms with E-state index in [1.807, 2.05) is 12.1 Å². The predicted octanol–water partition coefficient (Wildman–Crippen LogP) is 15.9. The maximum atomic E-state index is 6.20. The number of aromatic nitrogens is 2. The smallest absolute Gasteiger partial charge is 0.135 e. The van der Waals surface area contributed by atoms with E-state index < -0.39 is 0 Å². The van der Waals surface area contributed by atoms with E-state index in [-0.39, 0.29) is 0 Å². The lowest BCUT2D eigenvalue weighted by atomic mass is 9.94. The number of rotatable bonds is 4. The van der Waals surface area contributed by atoms with Crippen molar-refractivity contribution in [3.8, 4) is 55.9 Å². The average molecular weight is 775 g/mol. The first-order valence-electron chi connectivity index (χ1n) is 21.0. The molecule has 0 N–H and O–H groups in total. The number of benzene rings is 10. The first-order chi connectivity index (χ1) is 30.2. The summed E-state index contributed by atoms with van der Waals surface area (Å²) in [7, 11) is 0. The molecule has 13 aromatic rings. The maximum Gasteiger partial charge on any atom is 0.135 e. The van der Waals surface area contributed by atoms with Gasteiger partial charge in [-0.3, -0.25) is 0 Å². The van der Waals surface area contributed by atoms with Crippen LogP contribution in [0.2, 0.25) is 0 Å². The van der Waals surface area contributed by atoms with Gasteiger partial charge in [0.15, 0.2) is 0 Å². The van der Waals surface area contributed by atoms with Gasteiger partial charge in [0.1, 0.15) is 11.2 Å². The first-order valence-corrected chi connectivity index (χ1v) is 21.0. The molecule has 3 heterocycles. The van der Waals surface area contributed by atoms with E-state index in [1.54, 1.807) is 0 Å². The molecule has 0 spiro atoms. The molecule has 0 radical (unpaired) electrons. The predicted molar refractivity (Wildman–Crippen MR) is 255 cm³/mol. The molecule has 0 unspecified atom stereocenters. The van der Waals surface area contributed by atoms with Crippen LogP contribution in [0.5, 0.6) is 0 Å². The Balaban J connectivity index is 0.896. The summed E-state index contributed by atoms with van der Waals surface area (Å²) in [6.45, 7) is 0. The molecule has 0 bridgehead atoms. The van der Waals surface area contributed by atoms with E-state index in [0.29, 0.717) is 0 Å². The van der Waals surface area contributed by atoms with Gasteiger partial charge in [0.25, 0.3) is 0 Å². The third-order valence-electron chi connectivity index (χ3n) is 13.3. The topological polar surface area (TPSA) is 23.0 Å². The van der Waals surface area contributed by atoms with Crippen molar-refractivity contribution in [1.29, 1.82) is 0 Å². The summed E-state index contributed by atoms with van der Waals surface area (Å²) in [5.41, 5.74) is 19.0. The molecule has 3 aromatic heterocycles. The Kier molecular flexibility index (Phi) is 6.56. The van der Waals surface area contributed by atoms with E-state index in [9.17, 15) is 0 Å². The molecule has 61 heavy (non-hydrogen) atoms. The quantitative estimate of drug-likeness (QED) is 0.175. The van der Waals surface area contributed by atoms with Crippen LogP contribution in [0.3, 0.4) is 0 Å². The van der Waals surface area contributed by atoms with Gasteiger partial charge in [-0.1, -0.05) is 140 Å². The zero-order chi connectivity index (χ0) is 39.8. The first kappa shape index (κ1) is 32.8. The number of fused-ring (bicyclic) bond motifs is 12. The largest absolute Gasteiger partial charge is 0.456 e. The number of nitrogens with zero attached hydrogens (tertiary/aromatic N) is 2. The molecule has 0 fully saturated rings. The normalized spacial score (nSPS) is 12.3. The van der Waals surface area contributed by atoms with E-state index >= 15 is 0 Å². The monoisotopic (exact) mass is 774 g/mol. The van der Waals surface area contributed by atoms with Crippen LogP contribution in [0.25, 0.3) is 132 Å². The van der Waals surface area contributed by atoms with E-state index in [0.717, 1.165) is 33.3 Å². The SMILES string of the molecule is c1ccc2c(c1)-c1cccc3c(-c4ccc(-n5c6ccccc6c6ccc(-c7ccc8c(c7)c7ccccc7n8-c7ccc8oc9ccccc9c8c7)cc65)cc4)ccc-2c13. The lowest BCUT2D eigenvalue weighted by molar-refractivity contribution is 0.669. The van der Waals surface area contributed by atoms with Crippen LogP contribution in [-0.2, 0) is 0 Å². The minimum absolute atomic E-state index is 0.903. The molecule has 0 saturated heterocycles. The van der Waals surface area contributed by atoms with Crippen LogP contribution < -0.4 is 0 Å². The van der Waals surface area contributed by atoms with Gasteiger partial charge in [-0.2, -0.15) is 0 Å². The molecule has 3 heteroatoms. The molecule has 0 saturated carbocycles. The number of para-hydroxylation sites is 3. The Morgan fingerprint density at radius 3 is 1.62 bits per heavy atom. The summed E-state index contributed by atoms with van der Waals surface area (Å²) < 4.78 is 11.0. The van der Waals surface area contributed by atoms with Crippen LogP contribution in [0.15, 0.2) is 211 Å². The van der Waals surface area contributed by atoms with Gasteiger partial charge in [-0.05, 0) is 122 Å². The summed E-state index contributed by atoms with van der Waals surface area (Å²) >= 11 is 0. The van der Waals surface area contributed by atoms with Crippen LogP contribution in [0.1, 0.15) is 0 Å². The molecule has 1 aliphatic rings. The zero-order valence-electron chi connectivity index (χ0n) is 32.9. The molecule has 1 aliphatic carbocycles. The van der Waals surface area contributed by atoms with Gasteiger partial charge in [-0.15, -0.1) is 0 Å². The van der Waals surface area contributed by atoms with Gasteiger partial charge in [0.2, 0.25) is 0 Å². The number of hydrogen-bond acceptors (Lipinski definition) is 1. The van der Waals surface area contributed by atoms with Crippen molar-refractivity contribution >= 4 is 76.3 Å².